The van der Waals surface area contributed by atoms with Gasteiger partial charge in [-0.05, 0) is 47.9 Å². The Bertz CT molecular complexity index is 919. The van der Waals surface area contributed by atoms with Crippen LogP contribution in [0.5, 0.6) is 5.75 Å². The smallest absolute Gasteiger partial charge is 0.416 e. The van der Waals surface area contributed by atoms with Crippen molar-refractivity contribution in [2.45, 2.75) is 26.1 Å². The predicted molar refractivity (Wildman–Crippen MR) is 102 cm³/mol. The largest absolute Gasteiger partial charge is 0.496 e. The van der Waals surface area contributed by atoms with Crippen molar-refractivity contribution in [1.82, 2.24) is 5.32 Å². The number of hydrogen-bond acceptors (Lipinski definition) is 3. The molecule has 0 heterocycles. The molecule has 0 aromatic heterocycles. The zero-order valence-corrected chi connectivity index (χ0v) is 15.8. The Hall–Kier alpha value is -3.29. The van der Waals surface area contributed by atoms with Gasteiger partial charge in [0.1, 0.15) is 5.75 Å². The zero-order chi connectivity index (χ0) is 21.6. The molecule has 0 fully saturated rings. The summed E-state index contributed by atoms with van der Waals surface area (Å²) in [7, 11) is 1.40. The molecule has 2 aromatic carbocycles. The van der Waals surface area contributed by atoms with Crippen LogP contribution in [-0.4, -0.2) is 24.1 Å². The average molecular weight is 407 g/mol. The number of benzene rings is 2. The second-order valence-electron chi connectivity index (χ2n) is 6.17. The first kappa shape index (κ1) is 22.0. The lowest BCUT2D eigenvalue weighted by atomic mass is 10.0. The summed E-state index contributed by atoms with van der Waals surface area (Å²) >= 11 is 0. The van der Waals surface area contributed by atoms with E-state index in [0.717, 1.165) is 12.1 Å². The molecule has 5 nitrogen and oxygen atoms in total. The highest BCUT2D eigenvalue weighted by Gasteiger charge is 2.29. The summed E-state index contributed by atoms with van der Waals surface area (Å²) in [5.74, 6) is -1.25. The lowest BCUT2D eigenvalue weighted by Crippen LogP contribution is -2.23. The third kappa shape index (κ3) is 5.84. The van der Waals surface area contributed by atoms with Crippen molar-refractivity contribution in [2.24, 2.45) is 0 Å². The van der Waals surface area contributed by atoms with Gasteiger partial charge in [0.2, 0.25) is 0 Å². The van der Waals surface area contributed by atoms with Crippen LogP contribution in [0.4, 0.5) is 13.2 Å². The topological polar surface area (TPSA) is 75.6 Å². The van der Waals surface area contributed by atoms with Crippen LogP contribution in [0.15, 0.2) is 48.0 Å². The Morgan fingerprint density at radius 3 is 2.31 bits per heavy atom. The van der Waals surface area contributed by atoms with E-state index < -0.39 is 23.6 Å². The number of carboxylic acid groups (broad SMARTS) is 1. The molecular formula is C21H20F3NO4. The van der Waals surface area contributed by atoms with Crippen molar-refractivity contribution in [3.63, 3.8) is 0 Å². The van der Waals surface area contributed by atoms with Gasteiger partial charge in [-0.3, -0.25) is 4.79 Å². The number of methoxy groups -OCH3 is 1. The van der Waals surface area contributed by atoms with Crippen molar-refractivity contribution in [1.29, 1.82) is 0 Å². The van der Waals surface area contributed by atoms with Crippen LogP contribution in [0.3, 0.4) is 0 Å². The highest BCUT2D eigenvalue weighted by Crippen LogP contribution is 2.29. The van der Waals surface area contributed by atoms with Gasteiger partial charge in [0.15, 0.2) is 0 Å². The van der Waals surface area contributed by atoms with Crippen molar-refractivity contribution < 1.29 is 32.6 Å². The minimum atomic E-state index is -4.42. The molecule has 2 rings (SSSR count). The van der Waals surface area contributed by atoms with Gasteiger partial charge >= 0.3 is 12.1 Å². The molecule has 0 atom stereocenters. The van der Waals surface area contributed by atoms with Crippen LogP contribution in [0, 0.1) is 0 Å². The quantitative estimate of drug-likeness (QED) is 0.662. The number of alkyl halides is 3. The predicted octanol–water partition coefficient (Wildman–Crippen LogP) is 4.52. The number of carboxylic acids is 1. The van der Waals surface area contributed by atoms with Crippen molar-refractivity contribution >= 4 is 18.0 Å². The van der Waals surface area contributed by atoms with E-state index in [-0.39, 0.29) is 17.7 Å². The molecule has 2 aromatic rings. The monoisotopic (exact) mass is 407 g/mol. The molecule has 0 aliphatic rings. The van der Waals surface area contributed by atoms with Crippen LogP contribution in [0.1, 0.15) is 40.4 Å². The molecule has 0 aliphatic carbocycles. The standard InChI is InChI=1S/C21H20F3NO4/c1-3-15(20(27)28)10-14-6-9-18(29-2)17(11-14)19(26)25-12-13-4-7-16(8-5-13)21(22,23)24/h4-11H,3,12H2,1-2H3,(H,25,26)(H,27,28). The Kier molecular flexibility index (Phi) is 7.03. The number of amides is 1. The third-order valence-electron chi connectivity index (χ3n) is 4.20. The van der Waals surface area contributed by atoms with Gasteiger partial charge in [0, 0.05) is 12.1 Å². The Morgan fingerprint density at radius 1 is 1.14 bits per heavy atom. The van der Waals surface area contributed by atoms with Crippen LogP contribution in [0.25, 0.3) is 6.08 Å². The maximum Gasteiger partial charge on any atom is 0.416 e. The van der Waals surface area contributed by atoms with Crippen LogP contribution >= 0.6 is 0 Å². The first-order chi connectivity index (χ1) is 13.7. The number of rotatable bonds is 7. The lowest BCUT2D eigenvalue weighted by Gasteiger charge is -2.11. The first-order valence-electron chi connectivity index (χ1n) is 8.72. The minimum Gasteiger partial charge on any atom is -0.496 e. The molecule has 29 heavy (non-hydrogen) atoms. The van der Waals surface area contributed by atoms with E-state index in [0.29, 0.717) is 23.3 Å². The van der Waals surface area contributed by atoms with Gasteiger partial charge < -0.3 is 15.2 Å². The molecule has 0 saturated heterocycles. The number of carbonyl (C=O) groups is 2. The number of halogens is 3. The lowest BCUT2D eigenvalue weighted by molar-refractivity contribution is -0.137. The Labute approximate surface area is 165 Å². The molecule has 0 unspecified atom stereocenters. The van der Waals surface area contributed by atoms with Gasteiger partial charge in [-0.15, -0.1) is 0 Å². The van der Waals surface area contributed by atoms with E-state index in [1.807, 2.05) is 0 Å². The summed E-state index contributed by atoms with van der Waals surface area (Å²) in [6.45, 7) is 1.73. The molecule has 0 spiro atoms. The van der Waals surface area contributed by atoms with Crippen molar-refractivity contribution in [2.75, 3.05) is 7.11 Å². The summed E-state index contributed by atoms with van der Waals surface area (Å²) in [4.78, 5) is 23.7. The van der Waals surface area contributed by atoms with E-state index in [9.17, 15) is 22.8 Å². The molecule has 0 saturated carbocycles. The summed E-state index contributed by atoms with van der Waals surface area (Å²) < 4.78 is 43.0. The number of hydrogen-bond donors (Lipinski definition) is 2. The average Bonchev–Trinajstić information content (AvgIpc) is 2.69. The van der Waals surface area contributed by atoms with E-state index in [2.05, 4.69) is 5.32 Å². The summed E-state index contributed by atoms with van der Waals surface area (Å²) in [5, 5.41) is 11.8. The van der Waals surface area contributed by atoms with E-state index in [4.69, 9.17) is 9.84 Å². The van der Waals surface area contributed by atoms with Gasteiger partial charge in [0.25, 0.3) is 5.91 Å². The van der Waals surface area contributed by atoms with E-state index in [1.165, 1.54) is 31.4 Å². The summed E-state index contributed by atoms with van der Waals surface area (Å²) in [5.41, 5.74) is 0.629. The highest BCUT2D eigenvalue weighted by molar-refractivity contribution is 5.98. The van der Waals surface area contributed by atoms with Crippen molar-refractivity contribution in [3.05, 3.63) is 70.3 Å². The summed E-state index contributed by atoms with van der Waals surface area (Å²) in [6.07, 6.45) is -2.64. The second kappa shape index (κ2) is 9.27. The van der Waals surface area contributed by atoms with E-state index in [1.54, 1.807) is 19.1 Å². The third-order valence-corrected chi connectivity index (χ3v) is 4.20. The van der Waals surface area contributed by atoms with Crippen molar-refractivity contribution in [3.8, 4) is 5.75 Å². The van der Waals surface area contributed by atoms with E-state index >= 15 is 0 Å². The molecule has 0 radical (unpaired) electrons. The second-order valence-corrected chi connectivity index (χ2v) is 6.17. The fourth-order valence-corrected chi connectivity index (χ4v) is 2.60. The molecule has 8 heteroatoms. The zero-order valence-electron chi connectivity index (χ0n) is 15.8. The molecule has 154 valence electrons. The maximum atomic E-state index is 12.6. The molecule has 0 bridgehead atoms. The first-order valence-corrected chi connectivity index (χ1v) is 8.72. The number of aliphatic carboxylic acids is 1. The SMILES string of the molecule is CCC(=Cc1ccc(OC)c(C(=O)NCc2ccc(C(F)(F)F)cc2)c1)C(=O)O. The highest BCUT2D eigenvalue weighted by atomic mass is 19.4. The normalized spacial score (nSPS) is 11.8. The van der Waals surface area contributed by atoms with Gasteiger partial charge in [-0.1, -0.05) is 25.1 Å². The molecular weight excluding hydrogens is 387 g/mol. The number of ether oxygens (including phenoxy) is 1. The maximum absolute atomic E-state index is 12.6. The fourth-order valence-electron chi connectivity index (χ4n) is 2.60. The van der Waals surface area contributed by atoms with Crippen LogP contribution in [0.2, 0.25) is 0 Å². The number of carbonyl (C=O) groups excluding carboxylic acids is 1. The fraction of sp³-hybridized carbons (Fsp3) is 0.238. The molecule has 2 N–H and O–H groups in total. The van der Waals surface area contributed by atoms with Gasteiger partial charge in [0.05, 0.1) is 18.2 Å². The number of nitrogens with one attached hydrogen (secondary N) is 1. The Balaban J connectivity index is 2.19. The molecule has 0 aliphatic heterocycles. The van der Waals surface area contributed by atoms with Crippen LogP contribution in [-0.2, 0) is 17.5 Å². The minimum absolute atomic E-state index is 0.0233. The van der Waals surface area contributed by atoms with Gasteiger partial charge in [-0.2, -0.15) is 13.2 Å². The Morgan fingerprint density at radius 2 is 1.79 bits per heavy atom. The molecule has 1 amide bonds. The van der Waals surface area contributed by atoms with Gasteiger partial charge in [-0.25, -0.2) is 4.79 Å². The summed E-state index contributed by atoms with van der Waals surface area (Å²) in [6, 6.07) is 9.16. The van der Waals surface area contributed by atoms with Crippen LogP contribution < -0.4 is 10.1 Å².